The first-order valence-corrected chi connectivity index (χ1v) is 10.0. The summed E-state index contributed by atoms with van der Waals surface area (Å²) < 4.78 is 19.9. The van der Waals surface area contributed by atoms with Crippen LogP contribution in [0, 0.1) is 11.0 Å². The highest BCUT2D eigenvalue weighted by molar-refractivity contribution is 5.80. The fourth-order valence-corrected chi connectivity index (χ4v) is 4.09. The van der Waals surface area contributed by atoms with Crippen molar-refractivity contribution in [2.45, 2.75) is 24.9 Å². The molecular formula is C22H22FN4O2-. The minimum Gasteiger partial charge on any atom is -0.785 e. The number of hydrogen-bond acceptors (Lipinski definition) is 6. The van der Waals surface area contributed by atoms with Gasteiger partial charge in [0.25, 0.3) is 0 Å². The molecule has 0 aliphatic carbocycles. The molecule has 2 aliphatic heterocycles. The molecule has 2 aromatic heterocycles. The van der Waals surface area contributed by atoms with Crippen LogP contribution in [-0.4, -0.2) is 47.3 Å². The van der Waals surface area contributed by atoms with E-state index >= 15 is 0 Å². The number of hydrogen-bond donors (Lipinski definition) is 0. The van der Waals surface area contributed by atoms with Crippen molar-refractivity contribution in [3.8, 4) is 5.88 Å². The fraction of sp³-hybridized carbons (Fsp3) is 0.364. The highest BCUT2D eigenvalue weighted by Gasteiger charge is 2.31. The van der Waals surface area contributed by atoms with Crippen LogP contribution in [0.3, 0.4) is 0 Å². The second-order valence-corrected chi connectivity index (χ2v) is 7.76. The van der Waals surface area contributed by atoms with Crippen molar-refractivity contribution in [2.24, 2.45) is 0 Å². The van der Waals surface area contributed by atoms with E-state index in [1.807, 2.05) is 30.3 Å². The number of anilines is 1. The van der Waals surface area contributed by atoms with Crippen LogP contribution in [0.2, 0.25) is 0 Å². The fourth-order valence-electron chi connectivity index (χ4n) is 4.09. The van der Waals surface area contributed by atoms with Crippen molar-refractivity contribution in [3.05, 3.63) is 65.2 Å². The molecule has 0 amide bonds. The van der Waals surface area contributed by atoms with Gasteiger partial charge in [0.1, 0.15) is 17.7 Å². The third-order valence-corrected chi connectivity index (χ3v) is 5.77. The van der Waals surface area contributed by atoms with E-state index < -0.39 is 0 Å². The maximum absolute atomic E-state index is 13.8. The second kappa shape index (κ2) is 7.57. The van der Waals surface area contributed by atoms with Gasteiger partial charge in [0.05, 0.1) is 24.8 Å². The first-order chi connectivity index (χ1) is 14.2. The Balaban J connectivity index is 1.27. The minimum absolute atomic E-state index is 0.0143. The summed E-state index contributed by atoms with van der Waals surface area (Å²) in [5.74, 6) is 1.16. The third kappa shape index (κ3) is 3.75. The van der Waals surface area contributed by atoms with Crippen LogP contribution in [0.5, 0.6) is 5.88 Å². The summed E-state index contributed by atoms with van der Waals surface area (Å²) in [5.41, 5.74) is 1.75. The summed E-state index contributed by atoms with van der Waals surface area (Å²) in [7, 11) is 0. The van der Waals surface area contributed by atoms with E-state index in [0.717, 1.165) is 27.3 Å². The summed E-state index contributed by atoms with van der Waals surface area (Å²) in [5, 5.41) is 13.6. The second-order valence-electron chi connectivity index (χ2n) is 7.76. The smallest absolute Gasteiger partial charge is 0.217 e. The van der Waals surface area contributed by atoms with Gasteiger partial charge in [0, 0.05) is 10.9 Å². The lowest BCUT2D eigenvalue weighted by molar-refractivity contribution is 0.155. The number of hydroxylamine groups is 2. The topological polar surface area (TPSA) is 64.6 Å². The Bertz CT molecular complexity index is 1020. The Labute approximate surface area is 168 Å². The largest absolute Gasteiger partial charge is 0.785 e. The van der Waals surface area contributed by atoms with Crippen LogP contribution in [-0.2, 0) is 0 Å². The Kier molecular flexibility index (Phi) is 4.77. The highest BCUT2D eigenvalue weighted by atomic mass is 19.1. The van der Waals surface area contributed by atoms with Gasteiger partial charge in [-0.25, -0.2) is 14.4 Å². The Morgan fingerprint density at radius 1 is 1.07 bits per heavy atom. The molecule has 0 unspecified atom stereocenters. The molecule has 29 heavy (non-hydrogen) atoms. The molecule has 0 N–H and O–H groups in total. The summed E-state index contributed by atoms with van der Waals surface area (Å²) >= 11 is 0. The van der Waals surface area contributed by atoms with E-state index in [4.69, 9.17) is 9.72 Å². The molecular weight excluding hydrogens is 371 g/mol. The van der Waals surface area contributed by atoms with E-state index in [1.165, 1.54) is 12.3 Å². The average molecular weight is 393 g/mol. The van der Waals surface area contributed by atoms with Gasteiger partial charge in [-0.15, -0.1) is 0 Å². The number of para-hydroxylation sites is 1. The lowest BCUT2D eigenvalue weighted by Gasteiger charge is -2.40. The van der Waals surface area contributed by atoms with Gasteiger partial charge >= 0.3 is 0 Å². The van der Waals surface area contributed by atoms with Gasteiger partial charge in [0.2, 0.25) is 5.88 Å². The number of aromatic nitrogens is 2. The van der Waals surface area contributed by atoms with Gasteiger partial charge < -0.3 is 19.9 Å². The van der Waals surface area contributed by atoms with Crippen LogP contribution >= 0.6 is 0 Å². The molecule has 2 aliphatic rings. The van der Waals surface area contributed by atoms with Crippen molar-refractivity contribution < 1.29 is 9.13 Å². The molecule has 3 aromatic rings. The first kappa shape index (κ1) is 18.3. The molecule has 0 bridgehead atoms. The molecule has 7 heteroatoms. The molecule has 1 aromatic carbocycles. The molecule has 2 fully saturated rings. The molecule has 4 heterocycles. The highest BCUT2D eigenvalue weighted by Crippen LogP contribution is 2.34. The predicted octanol–water partition coefficient (Wildman–Crippen LogP) is 3.71. The van der Waals surface area contributed by atoms with Crippen molar-refractivity contribution in [1.82, 2.24) is 15.0 Å². The SMILES string of the molecule is [O-]N1CCC(c2cc(F)cnc2OC2CN(c3ccc4ccccc4n3)C2)CC1. The van der Waals surface area contributed by atoms with E-state index in [-0.39, 0.29) is 17.8 Å². The molecule has 150 valence electrons. The molecule has 2 saturated heterocycles. The number of halogens is 1. The quantitative estimate of drug-likeness (QED) is 0.673. The van der Waals surface area contributed by atoms with Crippen LogP contribution in [0.4, 0.5) is 10.2 Å². The minimum atomic E-state index is -0.368. The van der Waals surface area contributed by atoms with E-state index in [0.29, 0.717) is 44.9 Å². The maximum Gasteiger partial charge on any atom is 0.217 e. The molecule has 6 nitrogen and oxygen atoms in total. The molecule has 0 saturated carbocycles. The van der Waals surface area contributed by atoms with E-state index in [1.54, 1.807) is 0 Å². The van der Waals surface area contributed by atoms with Crippen molar-refractivity contribution in [1.29, 1.82) is 0 Å². The summed E-state index contributed by atoms with van der Waals surface area (Å²) in [6.45, 7) is 2.35. The monoisotopic (exact) mass is 393 g/mol. The zero-order valence-electron chi connectivity index (χ0n) is 16.0. The standard InChI is InChI=1S/C22H22FN4O2/c23-17-11-19(15-7-9-27(28)10-8-15)22(24-12-17)29-18-13-26(14-18)21-6-5-16-3-1-2-4-20(16)25-21/h1-6,11-12,15,18H,7-10,13-14H2/q-1. The third-order valence-electron chi connectivity index (χ3n) is 5.77. The van der Waals surface area contributed by atoms with Crippen molar-refractivity contribution >= 4 is 16.7 Å². The number of fused-ring (bicyclic) bond motifs is 1. The van der Waals surface area contributed by atoms with E-state index in [2.05, 4.69) is 16.0 Å². The molecule has 0 radical (unpaired) electrons. The van der Waals surface area contributed by atoms with E-state index in [9.17, 15) is 9.60 Å². The van der Waals surface area contributed by atoms with Crippen LogP contribution < -0.4 is 9.64 Å². The number of benzene rings is 1. The Morgan fingerprint density at radius 2 is 1.86 bits per heavy atom. The van der Waals surface area contributed by atoms with Crippen LogP contribution in [0.25, 0.3) is 10.9 Å². The van der Waals surface area contributed by atoms with Gasteiger partial charge in [-0.05, 0) is 56.1 Å². The first-order valence-electron chi connectivity index (χ1n) is 10.0. The molecule has 0 spiro atoms. The normalized spacial score (nSPS) is 18.8. The summed E-state index contributed by atoms with van der Waals surface area (Å²) in [6, 6.07) is 13.7. The number of ether oxygens (including phenoxy) is 1. The van der Waals surface area contributed by atoms with Crippen LogP contribution in [0.15, 0.2) is 48.7 Å². The maximum atomic E-state index is 13.8. The van der Waals surface area contributed by atoms with Gasteiger partial charge in [-0.3, -0.25) is 0 Å². The average Bonchev–Trinajstić information content (AvgIpc) is 2.71. The lowest BCUT2D eigenvalue weighted by Crippen LogP contribution is -2.54. The number of pyridine rings is 2. The van der Waals surface area contributed by atoms with Crippen molar-refractivity contribution in [3.63, 3.8) is 0 Å². The van der Waals surface area contributed by atoms with Crippen molar-refractivity contribution in [2.75, 3.05) is 31.1 Å². The van der Waals surface area contributed by atoms with Gasteiger partial charge in [-0.2, -0.15) is 0 Å². The summed E-state index contributed by atoms with van der Waals surface area (Å²) in [6.07, 6.45) is 2.58. The Hall–Kier alpha value is -2.77. The number of nitrogens with zero attached hydrogens (tertiary/aromatic N) is 4. The lowest BCUT2D eigenvalue weighted by atomic mass is 9.90. The zero-order valence-corrected chi connectivity index (χ0v) is 16.0. The predicted molar refractivity (Wildman–Crippen MR) is 109 cm³/mol. The summed E-state index contributed by atoms with van der Waals surface area (Å²) in [4.78, 5) is 11.1. The van der Waals surface area contributed by atoms with Gasteiger partial charge in [0.15, 0.2) is 0 Å². The van der Waals surface area contributed by atoms with Gasteiger partial charge in [-0.1, -0.05) is 18.2 Å². The Morgan fingerprint density at radius 3 is 2.69 bits per heavy atom. The molecule has 0 atom stereocenters. The van der Waals surface area contributed by atoms with Crippen LogP contribution in [0.1, 0.15) is 24.3 Å². The molecule has 5 rings (SSSR count). The number of rotatable bonds is 4. The zero-order chi connectivity index (χ0) is 19.8. The number of piperidine rings is 1.